The SMILES string of the molecule is [Mo].c1cc[cH-]c1.c1ccsc1. The Hall–Kier alpha value is -0.262. The van der Waals surface area contributed by atoms with E-state index in [1.54, 1.807) is 11.3 Å². The molecule has 0 atom stereocenters. The van der Waals surface area contributed by atoms with Crippen LogP contribution < -0.4 is 0 Å². The average molecular weight is 245 g/mol. The molecule has 2 aromatic rings. The molecule has 0 nitrogen and oxygen atoms in total. The van der Waals surface area contributed by atoms with Crippen LogP contribution in [-0.2, 0) is 21.1 Å². The summed E-state index contributed by atoms with van der Waals surface area (Å²) in [6, 6.07) is 14.0. The van der Waals surface area contributed by atoms with Gasteiger partial charge in [-0.25, -0.2) is 12.1 Å². The van der Waals surface area contributed by atoms with E-state index in [1.807, 2.05) is 53.2 Å². The average Bonchev–Trinajstić information content (AvgIpc) is 2.67. The second-order valence-corrected chi connectivity index (χ2v) is 2.57. The fraction of sp³-hybridized carbons (Fsp3) is 0. The fourth-order valence-corrected chi connectivity index (χ4v) is 1.00. The zero-order chi connectivity index (χ0) is 7.07. The summed E-state index contributed by atoms with van der Waals surface area (Å²) in [5.74, 6) is 0. The van der Waals surface area contributed by atoms with Crippen LogP contribution in [0.4, 0.5) is 0 Å². The molecular formula is C9H9MoS-. The molecule has 2 heteroatoms. The first-order chi connectivity index (χ1) is 5.00. The minimum atomic E-state index is 0. The summed E-state index contributed by atoms with van der Waals surface area (Å²) < 4.78 is 0. The molecule has 0 spiro atoms. The normalized spacial score (nSPS) is 7.27. The van der Waals surface area contributed by atoms with Crippen molar-refractivity contribution in [1.82, 2.24) is 0 Å². The topological polar surface area (TPSA) is 0 Å². The molecule has 0 radical (unpaired) electrons. The quantitative estimate of drug-likeness (QED) is 0.494. The maximum atomic E-state index is 2.04. The minimum absolute atomic E-state index is 0. The van der Waals surface area contributed by atoms with Crippen LogP contribution in [0.15, 0.2) is 53.2 Å². The molecule has 0 N–H and O–H groups in total. The summed E-state index contributed by atoms with van der Waals surface area (Å²) in [6.45, 7) is 0. The summed E-state index contributed by atoms with van der Waals surface area (Å²) in [5.41, 5.74) is 0. The van der Waals surface area contributed by atoms with Gasteiger partial charge >= 0.3 is 0 Å². The molecule has 1 aromatic carbocycles. The third-order valence-electron chi connectivity index (χ3n) is 0.981. The molecule has 58 valence electrons. The molecule has 0 saturated heterocycles. The van der Waals surface area contributed by atoms with Gasteiger partial charge in [0, 0.05) is 21.1 Å². The van der Waals surface area contributed by atoms with E-state index in [-0.39, 0.29) is 21.1 Å². The standard InChI is InChI=1S/C5H5.C4H4S.Mo/c2*1-2-4-5-3-1;/h1-5H;1-4H;/q-1;;. The second-order valence-electron chi connectivity index (χ2n) is 1.76. The number of hydrogen-bond donors (Lipinski definition) is 0. The van der Waals surface area contributed by atoms with Crippen LogP contribution in [0.1, 0.15) is 0 Å². The first-order valence-corrected chi connectivity index (χ1v) is 4.08. The van der Waals surface area contributed by atoms with Gasteiger partial charge in [-0.05, 0) is 10.8 Å². The molecule has 1 aromatic heterocycles. The van der Waals surface area contributed by atoms with Crippen molar-refractivity contribution in [3.05, 3.63) is 53.2 Å². The van der Waals surface area contributed by atoms with Crippen LogP contribution in [0.2, 0.25) is 0 Å². The summed E-state index contributed by atoms with van der Waals surface area (Å²) in [6.07, 6.45) is 0. The Morgan fingerprint density at radius 1 is 0.818 bits per heavy atom. The zero-order valence-electron chi connectivity index (χ0n) is 6.01. The van der Waals surface area contributed by atoms with Crippen LogP contribution in [0, 0.1) is 0 Å². The van der Waals surface area contributed by atoms with Crippen molar-refractivity contribution < 1.29 is 21.1 Å². The molecule has 0 bridgehead atoms. The number of thiophene rings is 1. The van der Waals surface area contributed by atoms with Crippen molar-refractivity contribution in [1.29, 1.82) is 0 Å². The van der Waals surface area contributed by atoms with E-state index in [2.05, 4.69) is 0 Å². The van der Waals surface area contributed by atoms with E-state index in [4.69, 9.17) is 0 Å². The molecular weight excluding hydrogens is 236 g/mol. The predicted molar refractivity (Wildman–Crippen MR) is 46.4 cm³/mol. The van der Waals surface area contributed by atoms with Gasteiger partial charge in [-0.2, -0.15) is 29.5 Å². The van der Waals surface area contributed by atoms with Crippen molar-refractivity contribution in [2.75, 3.05) is 0 Å². The third kappa shape index (κ3) is 6.15. The minimum Gasteiger partial charge on any atom is -0.214 e. The van der Waals surface area contributed by atoms with E-state index in [9.17, 15) is 0 Å². The van der Waals surface area contributed by atoms with Gasteiger partial charge in [-0.3, -0.25) is 0 Å². The monoisotopic (exact) mass is 247 g/mol. The molecule has 0 saturated carbocycles. The number of rotatable bonds is 0. The van der Waals surface area contributed by atoms with Crippen LogP contribution in [0.3, 0.4) is 0 Å². The molecule has 0 aliphatic carbocycles. The van der Waals surface area contributed by atoms with Gasteiger partial charge in [0.05, 0.1) is 0 Å². The van der Waals surface area contributed by atoms with Gasteiger partial charge in [0.1, 0.15) is 0 Å². The summed E-state index contributed by atoms with van der Waals surface area (Å²) in [7, 11) is 0. The Bertz CT molecular complexity index is 149. The Morgan fingerprint density at radius 2 is 1.36 bits per heavy atom. The van der Waals surface area contributed by atoms with Gasteiger partial charge < -0.3 is 0 Å². The van der Waals surface area contributed by atoms with Gasteiger partial charge in [0.2, 0.25) is 0 Å². The van der Waals surface area contributed by atoms with Gasteiger partial charge in [0.15, 0.2) is 0 Å². The van der Waals surface area contributed by atoms with Crippen molar-refractivity contribution in [3.63, 3.8) is 0 Å². The van der Waals surface area contributed by atoms with Crippen LogP contribution >= 0.6 is 11.3 Å². The second kappa shape index (κ2) is 7.84. The van der Waals surface area contributed by atoms with Crippen molar-refractivity contribution in [3.8, 4) is 0 Å². The smallest absolute Gasteiger partial charge is 0 e. The Morgan fingerprint density at radius 3 is 1.55 bits per heavy atom. The molecule has 0 aliphatic heterocycles. The van der Waals surface area contributed by atoms with Crippen molar-refractivity contribution in [2.45, 2.75) is 0 Å². The molecule has 0 aliphatic rings. The summed E-state index contributed by atoms with van der Waals surface area (Å²) >= 11 is 1.71. The van der Waals surface area contributed by atoms with Crippen molar-refractivity contribution in [2.24, 2.45) is 0 Å². The molecule has 11 heavy (non-hydrogen) atoms. The van der Waals surface area contributed by atoms with E-state index >= 15 is 0 Å². The number of hydrogen-bond acceptors (Lipinski definition) is 1. The van der Waals surface area contributed by atoms with Gasteiger partial charge in [-0.1, -0.05) is 12.1 Å². The van der Waals surface area contributed by atoms with Crippen LogP contribution in [0.25, 0.3) is 0 Å². The third-order valence-corrected chi connectivity index (χ3v) is 1.61. The molecule has 0 fully saturated rings. The Kier molecular flexibility index (Phi) is 7.65. The Labute approximate surface area is 85.5 Å². The summed E-state index contributed by atoms with van der Waals surface area (Å²) in [4.78, 5) is 0. The van der Waals surface area contributed by atoms with Gasteiger partial charge in [-0.15, -0.1) is 0 Å². The fourth-order valence-electron chi connectivity index (χ4n) is 0.548. The molecule has 2 rings (SSSR count). The predicted octanol–water partition coefficient (Wildman–Crippen LogP) is 3.15. The van der Waals surface area contributed by atoms with E-state index < -0.39 is 0 Å². The van der Waals surface area contributed by atoms with Gasteiger partial charge in [0.25, 0.3) is 0 Å². The summed E-state index contributed by atoms with van der Waals surface area (Å²) in [5, 5.41) is 4.08. The van der Waals surface area contributed by atoms with Crippen LogP contribution in [-0.4, -0.2) is 0 Å². The zero-order valence-corrected chi connectivity index (χ0v) is 8.84. The first kappa shape index (κ1) is 10.7. The van der Waals surface area contributed by atoms with Crippen LogP contribution in [0.5, 0.6) is 0 Å². The Balaban J connectivity index is 0.000000167. The maximum absolute atomic E-state index is 2.04. The molecule has 0 amide bonds. The van der Waals surface area contributed by atoms with Crippen molar-refractivity contribution >= 4 is 11.3 Å². The van der Waals surface area contributed by atoms with E-state index in [0.717, 1.165) is 0 Å². The molecule has 0 unspecified atom stereocenters. The largest absolute Gasteiger partial charge is 0.214 e. The maximum Gasteiger partial charge on any atom is 0 e. The molecule has 1 heterocycles. The van der Waals surface area contributed by atoms with E-state index in [0.29, 0.717) is 0 Å². The van der Waals surface area contributed by atoms with E-state index in [1.165, 1.54) is 0 Å². The first-order valence-electron chi connectivity index (χ1n) is 3.14.